The van der Waals surface area contributed by atoms with Crippen molar-refractivity contribution in [1.29, 1.82) is 0 Å². The van der Waals surface area contributed by atoms with Gasteiger partial charge >= 0.3 is 17.9 Å². The number of aliphatic carboxylic acids is 3. The molecule has 0 aliphatic carbocycles. The number of carbonyl (C=O) groups excluding carboxylic acids is 1. The molecule has 1 aliphatic heterocycles. The number of carbonyl (C=O) groups is 4. The Morgan fingerprint density at radius 3 is 1.05 bits per heavy atom. The van der Waals surface area contributed by atoms with Gasteiger partial charge in [0.1, 0.15) is 22.4 Å². The fourth-order valence-corrected chi connectivity index (χ4v) is 10.0. The molecule has 0 atom stereocenters. The molecule has 0 unspecified atom stereocenters. The van der Waals surface area contributed by atoms with Gasteiger partial charge in [-0.3, -0.25) is 19.2 Å². The SMILES string of the molecule is O=C(O)CCc1ccc(N(c2ccc(CCC(=O)O)cc2)c2ccc(-c3c4c(c(-c5ccc(N(c6ccc(CCC(=O)O)cc6)c6ccc(CCC(=O)NCCS)cc6)cc5)c5nsnc35)N=S=N4)cc2)cc1. The van der Waals surface area contributed by atoms with Crippen LogP contribution < -0.4 is 15.1 Å². The summed E-state index contributed by atoms with van der Waals surface area (Å²) >= 11 is 6.43. The number of amides is 1. The lowest BCUT2D eigenvalue weighted by atomic mass is 9.93. The summed E-state index contributed by atoms with van der Waals surface area (Å²) in [7, 11) is 0. The molecule has 4 N–H and O–H groups in total. The molecule has 7 aromatic carbocycles. The molecule has 9 rings (SSSR count). The summed E-state index contributed by atoms with van der Waals surface area (Å²) in [4.78, 5) is 50.4. The van der Waals surface area contributed by atoms with Gasteiger partial charge in [-0.15, -0.1) is 0 Å². The number of aryl methyl sites for hydroxylation is 4. The first kappa shape index (κ1) is 50.0. The highest BCUT2D eigenvalue weighted by Gasteiger charge is 2.27. The lowest BCUT2D eigenvalue weighted by Crippen LogP contribution is -2.25. The van der Waals surface area contributed by atoms with Crippen molar-refractivity contribution >= 4 is 116 Å². The van der Waals surface area contributed by atoms with E-state index in [0.29, 0.717) is 66.8 Å². The average molecular weight is 1030 g/mol. The van der Waals surface area contributed by atoms with E-state index in [0.717, 1.165) is 102 Å². The van der Waals surface area contributed by atoms with E-state index >= 15 is 0 Å². The Balaban J connectivity index is 1.03. The second-order valence-corrected chi connectivity index (χ2v) is 18.9. The first-order valence-electron chi connectivity index (χ1n) is 23.6. The van der Waals surface area contributed by atoms with Gasteiger partial charge in [-0.2, -0.15) is 30.1 Å². The number of aromatic nitrogens is 2. The molecule has 73 heavy (non-hydrogen) atoms. The minimum Gasteiger partial charge on any atom is -0.481 e. The van der Waals surface area contributed by atoms with E-state index in [-0.39, 0.29) is 25.2 Å². The zero-order chi connectivity index (χ0) is 50.8. The van der Waals surface area contributed by atoms with Crippen molar-refractivity contribution in [2.24, 2.45) is 8.73 Å². The Hall–Kier alpha value is -7.99. The van der Waals surface area contributed by atoms with Crippen LogP contribution in [0.2, 0.25) is 0 Å². The molecule has 14 nitrogen and oxygen atoms in total. The van der Waals surface area contributed by atoms with Crippen LogP contribution >= 0.6 is 24.4 Å². The highest BCUT2D eigenvalue weighted by Crippen LogP contribution is 2.52. The molecule has 0 saturated carbocycles. The van der Waals surface area contributed by atoms with Gasteiger partial charge in [-0.1, -0.05) is 72.8 Å². The molecule has 1 aliphatic rings. The van der Waals surface area contributed by atoms with E-state index in [1.807, 2.05) is 121 Å². The predicted molar refractivity (Wildman–Crippen MR) is 292 cm³/mol. The van der Waals surface area contributed by atoms with Crippen LogP contribution in [0, 0.1) is 0 Å². The summed E-state index contributed by atoms with van der Waals surface area (Å²) in [6.45, 7) is 0.527. The van der Waals surface area contributed by atoms with Crippen LogP contribution in [0.4, 0.5) is 45.5 Å². The van der Waals surface area contributed by atoms with E-state index in [1.165, 1.54) is 0 Å². The maximum Gasteiger partial charge on any atom is 0.303 e. The largest absolute Gasteiger partial charge is 0.481 e. The molecule has 17 heteroatoms. The van der Waals surface area contributed by atoms with Crippen molar-refractivity contribution in [1.82, 2.24) is 14.1 Å². The molecule has 0 bridgehead atoms. The summed E-state index contributed by atoms with van der Waals surface area (Å²) in [5.41, 5.74) is 15.2. The normalized spacial score (nSPS) is 11.5. The van der Waals surface area contributed by atoms with E-state index in [4.69, 9.17) is 17.5 Å². The highest BCUT2D eigenvalue weighted by molar-refractivity contribution is 7.80. The molecular formula is C56H49N7O7S3. The topological polar surface area (TPSA) is 198 Å². The van der Waals surface area contributed by atoms with Crippen molar-refractivity contribution in [2.75, 3.05) is 22.1 Å². The Morgan fingerprint density at radius 2 is 0.753 bits per heavy atom. The highest BCUT2D eigenvalue weighted by atomic mass is 32.1. The van der Waals surface area contributed by atoms with Gasteiger partial charge < -0.3 is 30.4 Å². The van der Waals surface area contributed by atoms with Crippen LogP contribution in [0.5, 0.6) is 0 Å². The molecule has 0 saturated heterocycles. The monoisotopic (exact) mass is 1030 g/mol. The van der Waals surface area contributed by atoms with Gasteiger partial charge in [0.05, 0.1) is 23.1 Å². The Morgan fingerprint density at radius 1 is 0.452 bits per heavy atom. The Kier molecular flexibility index (Phi) is 15.8. The lowest BCUT2D eigenvalue weighted by molar-refractivity contribution is -0.138. The number of rotatable bonds is 22. The van der Waals surface area contributed by atoms with Crippen molar-refractivity contribution in [3.63, 3.8) is 0 Å². The number of nitrogens with zero attached hydrogens (tertiary/aromatic N) is 6. The Bertz CT molecular complexity index is 3300. The summed E-state index contributed by atoms with van der Waals surface area (Å²) < 4.78 is 19.4. The third-order valence-electron chi connectivity index (χ3n) is 12.5. The molecule has 0 radical (unpaired) electrons. The van der Waals surface area contributed by atoms with Crippen LogP contribution in [-0.4, -0.2) is 60.2 Å². The molecule has 0 spiro atoms. The number of hydrogen-bond donors (Lipinski definition) is 5. The van der Waals surface area contributed by atoms with E-state index in [9.17, 15) is 34.5 Å². The molecule has 2 heterocycles. The second-order valence-electron chi connectivity index (χ2n) is 17.4. The maximum absolute atomic E-state index is 12.3. The van der Waals surface area contributed by atoms with Gasteiger partial charge in [0, 0.05) is 83.2 Å². The molecular weight excluding hydrogens is 979 g/mol. The number of benzene rings is 7. The smallest absolute Gasteiger partial charge is 0.303 e. The van der Waals surface area contributed by atoms with Crippen molar-refractivity contribution < 1.29 is 34.5 Å². The van der Waals surface area contributed by atoms with Crippen LogP contribution in [0.1, 0.15) is 47.9 Å². The second kappa shape index (κ2) is 23.0. The number of nitrogens with one attached hydrogen (secondary N) is 1. The van der Waals surface area contributed by atoms with E-state index in [1.54, 1.807) is 0 Å². The average Bonchev–Trinajstić information content (AvgIpc) is 4.10. The van der Waals surface area contributed by atoms with Crippen molar-refractivity contribution in [3.05, 3.63) is 168 Å². The fraction of sp³-hybridized carbons (Fsp3) is 0.179. The number of anilines is 6. The molecule has 1 aromatic heterocycles. The van der Waals surface area contributed by atoms with Crippen molar-refractivity contribution in [2.45, 2.75) is 51.4 Å². The lowest BCUT2D eigenvalue weighted by Gasteiger charge is -2.26. The van der Waals surface area contributed by atoms with Gasteiger partial charge in [-0.05, 0) is 132 Å². The molecule has 0 fully saturated rings. The van der Waals surface area contributed by atoms with E-state index in [2.05, 4.69) is 52.0 Å². The standard InChI is InChI=1S/C56H49N7O7S3/c64-47(57-33-34-71)29-9-35-1-17-41(18-2-35)62(42-19-3-36(4-20-42)10-30-48(65)66)45-25-13-39(14-26-45)51-53-55(60-72-58-53)52(56-54(51)59-73-61-56)40-15-27-46(28-16-40)63(43-21-5-37(6-22-43)11-31-49(67)68)44-23-7-38(8-24-44)12-32-50(69)70/h1-8,13-28,71H,9-12,29-34H2,(H,57,64)(H,65,66)(H,67,68)(H,69,70). The number of fused-ring (bicyclic) bond motifs is 2. The fourth-order valence-electron chi connectivity index (χ4n) is 8.80. The van der Waals surface area contributed by atoms with Crippen molar-refractivity contribution in [3.8, 4) is 22.3 Å². The Labute approximate surface area is 434 Å². The number of carboxylic acid groups (broad SMARTS) is 3. The van der Waals surface area contributed by atoms with Crippen LogP contribution in [0.3, 0.4) is 0 Å². The van der Waals surface area contributed by atoms with Gasteiger partial charge in [0.15, 0.2) is 0 Å². The first-order valence-corrected chi connectivity index (χ1v) is 25.7. The quantitative estimate of drug-likeness (QED) is 0.0405. The first-order chi connectivity index (χ1) is 35.5. The third kappa shape index (κ3) is 11.9. The summed E-state index contributed by atoms with van der Waals surface area (Å²) in [5.74, 6) is -1.98. The van der Waals surface area contributed by atoms with Gasteiger partial charge in [0.2, 0.25) is 5.91 Å². The zero-order valence-corrected chi connectivity index (χ0v) is 41.9. The zero-order valence-electron chi connectivity index (χ0n) is 39.3. The third-order valence-corrected chi connectivity index (χ3v) is 13.8. The molecule has 8 aromatic rings. The maximum atomic E-state index is 12.3. The van der Waals surface area contributed by atoms with Crippen LogP contribution in [-0.2, 0) is 56.2 Å². The summed E-state index contributed by atoms with van der Waals surface area (Å²) in [6, 6.07) is 48.0. The van der Waals surface area contributed by atoms with Gasteiger partial charge in [-0.25, -0.2) is 0 Å². The van der Waals surface area contributed by atoms with Crippen LogP contribution in [0.15, 0.2) is 154 Å². The predicted octanol–water partition coefficient (Wildman–Crippen LogP) is 12.7. The number of carboxylic acids is 3. The molecule has 368 valence electrons. The summed E-state index contributed by atoms with van der Waals surface area (Å²) in [5, 5.41) is 30.7. The van der Waals surface area contributed by atoms with E-state index < -0.39 is 17.9 Å². The minimum atomic E-state index is -0.853. The number of thiol groups is 1. The summed E-state index contributed by atoms with van der Waals surface area (Å²) in [6.07, 6.45) is 2.33. The minimum absolute atomic E-state index is 0.0139. The molecule has 1 amide bonds. The van der Waals surface area contributed by atoms with Crippen LogP contribution in [0.25, 0.3) is 33.3 Å². The van der Waals surface area contributed by atoms with Gasteiger partial charge in [0.25, 0.3) is 0 Å². The number of hydrogen-bond acceptors (Lipinski definition) is 12.